The highest BCUT2D eigenvalue weighted by atomic mass is 16.5. The zero-order valence-electron chi connectivity index (χ0n) is 11.5. The normalized spacial score (nSPS) is 12.4. The third-order valence-electron chi connectivity index (χ3n) is 2.84. The van der Waals surface area contributed by atoms with Gasteiger partial charge in [-0.25, -0.2) is 0 Å². The molecule has 0 saturated carbocycles. The molecule has 0 fully saturated rings. The van der Waals surface area contributed by atoms with Gasteiger partial charge in [0, 0.05) is 7.11 Å². The summed E-state index contributed by atoms with van der Waals surface area (Å²) >= 11 is 0. The average molecular weight is 257 g/mol. The molecular weight excluding hydrogens is 238 g/mol. The standard InChI is InChI=1S/C16H19NO2/c1-17(2)16(18-3)13-9-11-15(12-10-13)19-14-7-5-4-6-8-14/h4-12,16H,1-3H3. The van der Waals surface area contributed by atoms with Crippen LogP contribution in [-0.4, -0.2) is 26.1 Å². The Kier molecular flexibility index (Phi) is 4.55. The number of hydrogen-bond donors (Lipinski definition) is 0. The van der Waals surface area contributed by atoms with E-state index >= 15 is 0 Å². The summed E-state index contributed by atoms with van der Waals surface area (Å²) in [6.07, 6.45) is -0.0363. The van der Waals surface area contributed by atoms with Gasteiger partial charge in [-0.3, -0.25) is 4.90 Å². The Balaban J connectivity index is 2.10. The number of rotatable bonds is 5. The monoisotopic (exact) mass is 257 g/mol. The van der Waals surface area contributed by atoms with Gasteiger partial charge in [0.2, 0.25) is 0 Å². The fourth-order valence-electron chi connectivity index (χ4n) is 1.97. The van der Waals surface area contributed by atoms with Crippen LogP contribution in [0.4, 0.5) is 0 Å². The quantitative estimate of drug-likeness (QED) is 0.763. The molecule has 1 atom stereocenters. The lowest BCUT2D eigenvalue weighted by atomic mass is 10.2. The predicted molar refractivity (Wildman–Crippen MR) is 76.4 cm³/mol. The first-order valence-corrected chi connectivity index (χ1v) is 6.23. The number of hydrogen-bond acceptors (Lipinski definition) is 3. The Morgan fingerprint density at radius 2 is 1.42 bits per heavy atom. The number of benzene rings is 2. The van der Waals surface area contributed by atoms with Crippen LogP contribution < -0.4 is 4.74 Å². The van der Waals surface area contributed by atoms with Gasteiger partial charge in [-0.05, 0) is 43.9 Å². The largest absolute Gasteiger partial charge is 0.457 e. The summed E-state index contributed by atoms with van der Waals surface area (Å²) in [7, 11) is 5.68. The maximum atomic E-state index is 5.75. The maximum Gasteiger partial charge on any atom is 0.135 e. The summed E-state index contributed by atoms with van der Waals surface area (Å²) in [4.78, 5) is 2.02. The van der Waals surface area contributed by atoms with Crippen LogP contribution in [0.25, 0.3) is 0 Å². The Morgan fingerprint density at radius 1 is 0.842 bits per heavy atom. The lowest BCUT2D eigenvalue weighted by Gasteiger charge is -2.23. The molecule has 0 heterocycles. The van der Waals surface area contributed by atoms with E-state index in [0.29, 0.717) is 0 Å². The second kappa shape index (κ2) is 6.36. The van der Waals surface area contributed by atoms with Crippen LogP contribution in [-0.2, 0) is 4.74 Å². The molecule has 19 heavy (non-hydrogen) atoms. The lowest BCUT2D eigenvalue weighted by molar-refractivity contribution is -0.00542. The van der Waals surface area contributed by atoms with Gasteiger partial charge in [0.15, 0.2) is 0 Å². The van der Waals surface area contributed by atoms with Crippen molar-refractivity contribution in [1.29, 1.82) is 0 Å². The van der Waals surface area contributed by atoms with Gasteiger partial charge >= 0.3 is 0 Å². The van der Waals surface area contributed by atoms with Gasteiger partial charge in [-0.2, -0.15) is 0 Å². The van der Waals surface area contributed by atoms with Gasteiger partial charge in [0.25, 0.3) is 0 Å². The minimum absolute atomic E-state index is 0.0363. The van der Waals surface area contributed by atoms with Crippen LogP contribution in [0.15, 0.2) is 54.6 Å². The number of methoxy groups -OCH3 is 1. The Bertz CT molecular complexity index is 494. The summed E-state index contributed by atoms with van der Waals surface area (Å²) in [5.74, 6) is 1.66. The first kappa shape index (κ1) is 13.6. The van der Waals surface area contributed by atoms with Crippen molar-refractivity contribution in [2.24, 2.45) is 0 Å². The first-order chi connectivity index (χ1) is 9.20. The summed E-state index contributed by atoms with van der Waals surface area (Å²) < 4.78 is 11.2. The molecule has 3 heteroatoms. The molecule has 0 aliphatic rings. The van der Waals surface area contributed by atoms with Crippen molar-refractivity contribution in [2.75, 3.05) is 21.2 Å². The molecule has 0 N–H and O–H groups in total. The van der Waals surface area contributed by atoms with Crippen molar-refractivity contribution < 1.29 is 9.47 Å². The molecule has 100 valence electrons. The summed E-state index contributed by atoms with van der Waals surface area (Å²) in [5, 5.41) is 0. The van der Waals surface area contributed by atoms with Crippen molar-refractivity contribution in [2.45, 2.75) is 6.23 Å². The van der Waals surface area contributed by atoms with Crippen LogP contribution >= 0.6 is 0 Å². The minimum Gasteiger partial charge on any atom is -0.457 e. The summed E-state index contributed by atoms with van der Waals surface area (Å²) in [6, 6.07) is 17.7. The van der Waals surface area contributed by atoms with Gasteiger partial charge in [-0.15, -0.1) is 0 Å². The molecule has 2 aromatic carbocycles. The van der Waals surface area contributed by atoms with Crippen LogP contribution in [0, 0.1) is 0 Å². The molecule has 0 aliphatic heterocycles. The average Bonchev–Trinajstić information content (AvgIpc) is 2.42. The van der Waals surface area contributed by atoms with Crippen molar-refractivity contribution in [3.8, 4) is 11.5 Å². The van der Waals surface area contributed by atoms with E-state index in [2.05, 4.69) is 0 Å². The highest BCUT2D eigenvalue weighted by Gasteiger charge is 2.12. The third kappa shape index (κ3) is 3.56. The van der Waals surface area contributed by atoms with Crippen LogP contribution in [0.1, 0.15) is 11.8 Å². The molecule has 0 saturated heterocycles. The maximum absolute atomic E-state index is 5.75. The van der Waals surface area contributed by atoms with E-state index in [1.807, 2.05) is 73.6 Å². The van der Waals surface area contributed by atoms with E-state index in [1.165, 1.54) is 0 Å². The molecule has 2 aromatic rings. The zero-order chi connectivity index (χ0) is 13.7. The molecule has 0 amide bonds. The summed E-state index contributed by atoms with van der Waals surface area (Å²) in [5.41, 5.74) is 1.10. The zero-order valence-corrected chi connectivity index (χ0v) is 11.5. The van der Waals surface area contributed by atoms with Crippen molar-refractivity contribution in [3.63, 3.8) is 0 Å². The molecule has 0 spiro atoms. The van der Waals surface area contributed by atoms with Crippen molar-refractivity contribution >= 4 is 0 Å². The van der Waals surface area contributed by atoms with Crippen molar-refractivity contribution in [3.05, 3.63) is 60.2 Å². The molecule has 3 nitrogen and oxygen atoms in total. The highest BCUT2D eigenvalue weighted by Crippen LogP contribution is 2.25. The van der Waals surface area contributed by atoms with E-state index in [4.69, 9.17) is 9.47 Å². The second-order valence-electron chi connectivity index (χ2n) is 4.54. The summed E-state index contributed by atoms with van der Waals surface area (Å²) in [6.45, 7) is 0. The minimum atomic E-state index is -0.0363. The molecule has 0 bridgehead atoms. The molecule has 1 unspecified atom stereocenters. The fourth-order valence-corrected chi connectivity index (χ4v) is 1.97. The van der Waals surface area contributed by atoms with Gasteiger partial charge in [0.1, 0.15) is 17.7 Å². The van der Waals surface area contributed by atoms with Gasteiger partial charge < -0.3 is 9.47 Å². The number of para-hydroxylation sites is 1. The third-order valence-corrected chi connectivity index (χ3v) is 2.84. The first-order valence-electron chi connectivity index (χ1n) is 6.23. The molecule has 0 aromatic heterocycles. The van der Waals surface area contributed by atoms with E-state index in [-0.39, 0.29) is 6.23 Å². The molecular formula is C16H19NO2. The van der Waals surface area contributed by atoms with Crippen LogP contribution in [0.2, 0.25) is 0 Å². The van der Waals surface area contributed by atoms with E-state index < -0.39 is 0 Å². The van der Waals surface area contributed by atoms with E-state index in [0.717, 1.165) is 17.1 Å². The SMILES string of the molecule is COC(c1ccc(Oc2ccccc2)cc1)N(C)C. The van der Waals surface area contributed by atoms with Gasteiger partial charge in [0.05, 0.1) is 0 Å². The molecule has 0 radical (unpaired) electrons. The highest BCUT2D eigenvalue weighted by molar-refractivity contribution is 5.33. The van der Waals surface area contributed by atoms with Crippen LogP contribution in [0.5, 0.6) is 11.5 Å². The number of ether oxygens (including phenoxy) is 2. The number of nitrogens with zero attached hydrogens (tertiary/aromatic N) is 1. The van der Waals surface area contributed by atoms with E-state index in [1.54, 1.807) is 7.11 Å². The molecule has 2 rings (SSSR count). The topological polar surface area (TPSA) is 21.7 Å². The second-order valence-corrected chi connectivity index (χ2v) is 4.54. The molecule has 0 aliphatic carbocycles. The smallest absolute Gasteiger partial charge is 0.135 e. The van der Waals surface area contributed by atoms with Crippen molar-refractivity contribution in [1.82, 2.24) is 4.90 Å². The Hall–Kier alpha value is -1.84. The van der Waals surface area contributed by atoms with E-state index in [9.17, 15) is 0 Å². The predicted octanol–water partition coefficient (Wildman–Crippen LogP) is 3.69. The fraction of sp³-hybridized carbons (Fsp3) is 0.250. The lowest BCUT2D eigenvalue weighted by Crippen LogP contribution is -2.21. The Labute approximate surface area is 114 Å². The van der Waals surface area contributed by atoms with Gasteiger partial charge in [-0.1, -0.05) is 30.3 Å². The van der Waals surface area contributed by atoms with Crippen LogP contribution in [0.3, 0.4) is 0 Å². The Morgan fingerprint density at radius 3 is 1.95 bits per heavy atom.